The van der Waals surface area contributed by atoms with Crippen molar-refractivity contribution in [3.05, 3.63) is 47.5 Å². The maximum absolute atomic E-state index is 13.5. The molecule has 1 aromatic heterocycles. The summed E-state index contributed by atoms with van der Waals surface area (Å²) in [5, 5.41) is 7.46. The van der Waals surface area contributed by atoms with Gasteiger partial charge in [-0.05, 0) is 69.0 Å². The molecule has 1 fully saturated rings. The van der Waals surface area contributed by atoms with Crippen LogP contribution in [0.1, 0.15) is 25.7 Å². The average Bonchev–Trinajstić information content (AvgIpc) is 2.79. The van der Waals surface area contributed by atoms with Crippen LogP contribution < -0.4 is 20.1 Å². The summed E-state index contributed by atoms with van der Waals surface area (Å²) in [5.74, 6) is 2.10. The van der Waals surface area contributed by atoms with Gasteiger partial charge in [0, 0.05) is 17.1 Å². The fourth-order valence-corrected chi connectivity index (χ4v) is 4.05. The maximum atomic E-state index is 13.5. The number of halogens is 2. The summed E-state index contributed by atoms with van der Waals surface area (Å²) in [4.78, 5) is 8.69. The van der Waals surface area contributed by atoms with Gasteiger partial charge in [-0.25, -0.2) is 14.4 Å². The van der Waals surface area contributed by atoms with E-state index in [1.807, 2.05) is 12.1 Å². The Morgan fingerprint density at radius 2 is 2.13 bits per heavy atom. The standard InChI is InChI=1S/C23H26ClFN4O2/c1-30-21-12-20-17(11-22(21)31-9-3-5-15-4-2-8-26-13-15)23(28-14-27-20)29-16-6-7-19(25)18(24)10-16/h6-7,10-12,14-15,26H,2-5,8-9,13H2,1H3,(H,27,28,29). The lowest BCUT2D eigenvalue weighted by Crippen LogP contribution is -2.29. The normalized spacial score (nSPS) is 16.3. The Kier molecular flexibility index (Phi) is 7.04. The molecule has 0 saturated carbocycles. The Hall–Kier alpha value is -2.64. The highest BCUT2D eigenvalue weighted by atomic mass is 35.5. The van der Waals surface area contributed by atoms with Crippen LogP contribution in [-0.2, 0) is 0 Å². The predicted molar refractivity (Wildman–Crippen MR) is 121 cm³/mol. The summed E-state index contributed by atoms with van der Waals surface area (Å²) >= 11 is 5.90. The molecule has 3 aromatic rings. The number of methoxy groups -OCH3 is 1. The van der Waals surface area contributed by atoms with Gasteiger partial charge in [-0.3, -0.25) is 0 Å². The first-order valence-corrected chi connectivity index (χ1v) is 10.9. The van der Waals surface area contributed by atoms with Gasteiger partial charge in [0.05, 0.1) is 24.3 Å². The summed E-state index contributed by atoms with van der Waals surface area (Å²) < 4.78 is 25.1. The van der Waals surface area contributed by atoms with Gasteiger partial charge >= 0.3 is 0 Å². The number of piperidine rings is 1. The molecular formula is C23H26ClFN4O2. The lowest BCUT2D eigenvalue weighted by Gasteiger charge is -2.22. The minimum atomic E-state index is -0.468. The number of fused-ring (bicyclic) bond motifs is 1. The van der Waals surface area contributed by atoms with Crippen molar-refractivity contribution in [3.63, 3.8) is 0 Å². The molecule has 0 aliphatic carbocycles. The fourth-order valence-electron chi connectivity index (χ4n) is 3.87. The third-order valence-corrected chi connectivity index (χ3v) is 5.81. The molecule has 164 valence electrons. The molecule has 1 saturated heterocycles. The molecule has 31 heavy (non-hydrogen) atoms. The Balaban J connectivity index is 1.51. The van der Waals surface area contributed by atoms with E-state index in [9.17, 15) is 4.39 Å². The van der Waals surface area contributed by atoms with Crippen molar-refractivity contribution in [3.8, 4) is 11.5 Å². The van der Waals surface area contributed by atoms with Gasteiger partial charge in [-0.1, -0.05) is 11.6 Å². The minimum absolute atomic E-state index is 0.0437. The smallest absolute Gasteiger partial charge is 0.162 e. The zero-order valence-electron chi connectivity index (χ0n) is 17.5. The zero-order valence-corrected chi connectivity index (χ0v) is 18.2. The summed E-state index contributed by atoms with van der Waals surface area (Å²) in [6.07, 6.45) is 6.13. The van der Waals surface area contributed by atoms with E-state index in [1.165, 1.54) is 31.3 Å². The third-order valence-electron chi connectivity index (χ3n) is 5.52. The van der Waals surface area contributed by atoms with E-state index in [4.69, 9.17) is 21.1 Å². The molecular weight excluding hydrogens is 419 g/mol. The molecule has 4 rings (SSSR count). The Bertz CT molecular complexity index is 1040. The first-order valence-electron chi connectivity index (χ1n) is 10.5. The van der Waals surface area contributed by atoms with Crippen molar-refractivity contribution in [2.45, 2.75) is 25.7 Å². The molecule has 0 amide bonds. The summed E-state index contributed by atoms with van der Waals surface area (Å²) in [6, 6.07) is 8.15. The molecule has 0 spiro atoms. The molecule has 2 aromatic carbocycles. The van der Waals surface area contributed by atoms with Crippen molar-refractivity contribution >= 4 is 34.0 Å². The largest absolute Gasteiger partial charge is 0.493 e. The van der Waals surface area contributed by atoms with Crippen molar-refractivity contribution in [1.29, 1.82) is 0 Å². The van der Waals surface area contributed by atoms with Crippen LogP contribution in [0.4, 0.5) is 15.9 Å². The van der Waals surface area contributed by atoms with Crippen molar-refractivity contribution in [1.82, 2.24) is 15.3 Å². The highest BCUT2D eigenvalue weighted by Crippen LogP contribution is 2.35. The Morgan fingerprint density at radius 3 is 2.90 bits per heavy atom. The van der Waals surface area contributed by atoms with Crippen molar-refractivity contribution < 1.29 is 13.9 Å². The molecule has 6 nitrogen and oxygen atoms in total. The number of benzene rings is 2. The number of aromatic nitrogens is 2. The molecule has 8 heteroatoms. The highest BCUT2D eigenvalue weighted by molar-refractivity contribution is 6.31. The van der Waals surface area contributed by atoms with Gasteiger partial charge in [-0.15, -0.1) is 0 Å². The van der Waals surface area contributed by atoms with Crippen molar-refractivity contribution in [2.75, 3.05) is 32.1 Å². The molecule has 2 heterocycles. The number of rotatable bonds is 8. The summed E-state index contributed by atoms with van der Waals surface area (Å²) in [5.41, 5.74) is 1.34. The van der Waals surface area contributed by atoms with Gasteiger partial charge in [0.15, 0.2) is 11.5 Å². The van der Waals surface area contributed by atoms with Crippen LogP contribution >= 0.6 is 11.6 Å². The van der Waals surface area contributed by atoms with E-state index in [0.717, 1.165) is 37.2 Å². The maximum Gasteiger partial charge on any atom is 0.162 e. The van der Waals surface area contributed by atoms with Gasteiger partial charge in [0.25, 0.3) is 0 Å². The van der Waals surface area contributed by atoms with E-state index in [1.54, 1.807) is 13.2 Å². The van der Waals surface area contributed by atoms with Gasteiger partial charge in [-0.2, -0.15) is 0 Å². The van der Waals surface area contributed by atoms with Crippen LogP contribution in [0, 0.1) is 11.7 Å². The first kappa shape index (κ1) is 21.6. The molecule has 1 unspecified atom stereocenters. The number of hydrogen-bond donors (Lipinski definition) is 2. The predicted octanol–water partition coefficient (Wildman–Crippen LogP) is 5.33. The van der Waals surface area contributed by atoms with E-state index in [0.29, 0.717) is 35.1 Å². The third kappa shape index (κ3) is 5.35. The lowest BCUT2D eigenvalue weighted by molar-refractivity contribution is 0.264. The average molecular weight is 445 g/mol. The Labute approximate surface area is 186 Å². The Morgan fingerprint density at radius 1 is 1.23 bits per heavy atom. The number of ether oxygens (including phenoxy) is 2. The molecule has 0 bridgehead atoms. The number of nitrogens with zero attached hydrogens (tertiary/aromatic N) is 2. The zero-order chi connectivity index (χ0) is 21.6. The lowest BCUT2D eigenvalue weighted by atomic mass is 9.95. The SMILES string of the molecule is COc1cc2ncnc(Nc3ccc(F)c(Cl)c3)c2cc1OCCCC1CCCNC1. The molecule has 2 N–H and O–H groups in total. The van der Waals surface area contributed by atoms with Crippen molar-refractivity contribution in [2.24, 2.45) is 5.92 Å². The molecule has 1 aliphatic rings. The van der Waals surface area contributed by atoms with E-state index >= 15 is 0 Å². The number of nitrogens with one attached hydrogen (secondary N) is 2. The van der Waals surface area contributed by atoms with E-state index in [-0.39, 0.29) is 5.02 Å². The fraction of sp³-hybridized carbons (Fsp3) is 0.391. The second kappa shape index (κ2) is 10.1. The number of anilines is 2. The topological polar surface area (TPSA) is 68.3 Å². The monoisotopic (exact) mass is 444 g/mol. The van der Waals surface area contributed by atoms with E-state index in [2.05, 4.69) is 20.6 Å². The molecule has 0 radical (unpaired) electrons. The van der Waals surface area contributed by atoms with Crippen LogP contribution in [0.3, 0.4) is 0 Å². The van der Waals surface area contributed by atoms with Crippen LogP contribution in [0.15, 0.2) is 36.7 Å². The summed E-state index contributed by atoms with van der Waals surface area (Å²) in [7, 11) is 1.61. The van der Waals surface area contributed by atoms with Crippen LogP contribution in [0.2, 0.25) is 5.02 Å². The first-order chi connectivity index (χ1) is 15.1. The number of hydrogen-bond acceptors (Lipinski definition) is 6. The van der Waals surface area contributed by atoms with Gasteiger partial charge in [0.1, 0.15) is 18.0 Å². The minimum Gasteiger partial charge on any atom is -0.493 e. The van der Waals surface area contributed by atoms with Crippen LogP contribution in [-0.4, -0.2) is 36.8 Å². The van der Waals surface area contributed by atoms with Crippen LogP contribution in [0.25, 0.3) is 10.9 Å². The summed E-state index contributed by atoms with van der Waals surface area (Å²) in [6.45, 7) is 2.84. The van der Waals surface area contributed by atoms with Gasteiger partial charge in [0.2, 0.25) is 0 Å². The highest BCUT2D eigenvalue weighted by Gasteiger charge is 2.14. The second-order valence-corrected chi connectivity index (χ2v) is 8.11. The molecule has 1 atom stereocenters. The molecule has 1 aliphatic heterocycles. The second-order valence-electron chi connectivity index (χ2n) is 7.70. The quantitative estimate of drug-likeness (QED) is 0.457. The van der Waals surface area contributed by atoms with Gasteiger partial charge < -0.3 is 20.1 Å². The van der Waals surface area contributed by atoms with Crippen LogP contribution in [0.5, 0.6) is 11.5 Å². The van der Waals surface area contributed by atoms with E-state index < -0.39 is 5.82 Å².